The van der Waals surface area contributed by atoms with Gasteiger partial charge < -0.3 is 5.73 Å². The van der Waals surface area contributed by atoms with E-state index in [9.17, 15) is 0 Å². The van der Waals surface area contributed by atoms with Gasteiger partial charge in [0.1, 0.15) is 6.07 Å². The Morgan fingerprint density at radius 2 is 1.94 bits per heavy atom. The fourth-order valence-corrected chi connectivity index (χ4v) is 0.885. The maximum absolute atomic E-state index is 8.57. The minimum atomic E-state index is -0.399. The predicted molar refractivity (Wildman–Crippen MR) is 59.7 cm³/mol. The van der Waals surface area contributed by atoms with Crippen molar-refractivity contribution in [1.29, 1.82) is 15.9 Å². The van der Waals surface area contributed by atoms with Crippen LogP contribution in [0.5, 0.6) is 0 Å². The Morgan fingerprint density at radius 1 is 1.31 bits per heavy atom. The summed E-state index contributed by atoms with van der Waals surface area (Å²) in [6.07, 6.45) is 0. The zero-order valence-electron chi connectivity index (χ0n) is 8.23. The molecule has 4 N–H and O–H groups in total. The highest BCUT2D eigenvalue weighted by molar-refractivity contribution is 6.45. The molecule has 78 valence electrons. The second-order valence-electron chi connectivity index (χ2n) is 2.79. The first-order chi connectivity index (χ1) is 7.67. The molecule has 0 fully saturated rings. The monoisotopic (exact) mass is 212 g/mol. The standard InChI is InChI=1S/C10H8N6/c11-5-7-1-3-8(4-2-7)15-16-9(6-12)10(13)14/h1-4,15H,(H3,13,14)/b16-9+. The van der Waals surface area contributed by atoms with Crippen molar-refractivity contribution in [2.75, 3.05) is 5.43 Å². The van der Waals surface area contributed by atoms with Gasteiger partial charge in [0.2, 0.25) is 5.71 Å². The number of hydrogen-bond acceptors (Lipinski definition) is 5. The Hall–Kier alpha value is -2.86. The number of hydrogen-bond donors (Lipinski definition) is 3. The van der Waals surface area contributed by atoms with E-state index in [1.807, 2.05) is 6.07 Å². The summed E-state index contributed by atoms with van der Waals surface area (Å²) >= 11 is 0. The van der Waals surface area contributed by atoms with E-state index in [2.05, 4.69) is 10.5 Å². The van der Waals surface area contributed by atoms with Gasteiger partial charge in [-0.1, -0.05) is 0 Å². The molecule has 1 aromatic carbocycles. The Kier molecular flexibility index (Phi) is 3.59. The maximum atomic E-state index is 8.57. The molecule has 1 aromatic rings. The molecule has 0 saturated heterocycles. The molecule has 0 saturated carbocycles. The zero-order valence-corrected chi connectivity index (χ0v) is 8.23. The summed E-state index contributed by atoms with van der Waals surface area (Å²) in [6, 6.07) is 10.1. The number of nitrogens with zero attached hydrogens (tertiary/aromatic N) is 3. The molecule has 0 aromatic heterocycles. The first kappa shape index (κ1) is 11.2. The minimum Gasteiger partial charge on any atom is -0.382 e. The lowest BCUT2D eigenvalue weighted by molar-refractivity contribution is 1.33. The van der Waals surface area contributed by atoms with Gasteiger partial charge in [-0.05, 0) is 24.3 Å². The van der Waals surface area contributed by atoms with E-state index in [4.69, 9.17) is 21.7 Å². The van der Waals surface area contributed by atoms with Crippen LogP contribution in [0, 0.1) is 28.1 Å². The van der Waals surface area contributed by atoms with Gasteiger partial charge in [-0.25, -0.2) is 0 Å². The van der Waals surface area contributed by atoms with Crippen molar-refractivity contribution < 1.29 is 0 Å². The number of hydrazone groups is 1. The topological polar surface area (TPSA) is 122 Å². The van der Waals surface area contributed by atoms with Gasteiger partial charge in [-0.15, -0.1) is 0 Å². The lowest BCUT2D eigenvalue weighted by Gasteiger charge is -2.00. The minimum absolute atomic E-state index is 0.190. The van der Waals surface area contributed by atoms with E-state index in [1.54, 1.807) is 30.3 Å². The number of nitrogens with one attached hydrogen (secondary N) is 2. The van der Waals surface area contributed by atoms with Gasteiger partial charge in [0.15, 0.2) is 5.84 Å². The van der Waals surface area contributed by atoms with Gasteiger partial charge in [0.05, 0.1) is 17.3 Å². The number of amidine groups is 1. The van der Waals surface area contributed by atoms with Crippen molar-refractivity contribution >= 4 is 17.2 Å². The summed E-state index contributed by atoms with van der Waals surface area (Å²) in [5, 5.41) is 27.8. The fourth-order valence-electron chi connectivity index (χ4n) is 0.885. The quantitative estimate of drug-likeness (QED) is 0.389. The summed E-state index contributed by atoms with van der Waals surface area (Å²) in [5.74, 6) is -0.399. The lowest BCUT2D eigenvalue weighted by Crippen LogP contribution is -2.21. The molecule has 16 heavy (non-hydrogen) atoms. The van der Waals surface area contributed by atoms with Crippen LogP contribution in [0.15, 0.2) is 29.4 Å². The second kappa shape index (κ2) is 5.13. The van der Waals surface area contributed by atoms with Gasteiger partial charge in [0, 0.05) is 0 Å². The number of nitriles is 2. The molecule has 6 nitrogen and oxygen atoms in total. The molecule has 6 heteroatoms. The van der Waals surface area contributed by atoms with E-state index >= 15 is 0 Å². The molecule has 0 atom stereocenters. The average Bonchev–Trinajstić information content (AvgIpc) is 2.30. The highest BCUT2D eigenvalue weighted by Crippen LogP contribution is 2.08. The Labute approximate surface area is 92.1 Å². The molecule has 0 heterocycles. The third-order valence-corrected chi connectivity index (χ3v) is 1.67. The van der Waals surface area contributed by atoms with Crippen LogP contribution < -0.4 is 11.2 Å². The fraction of sp³-hybridized carbons (Fsp3) is 0. The SMILES string of the molecule is N#C/C(=N\Nc1ccc(C#N)cc1)C(=N)N. The van der Waals surface area contributed by atoms with Crippen molar-refractivity contribution in [3.05, 3.63) is 29.8 Å². The van der Waals surface area contributed by atoms with Gasteiger partial charge in [0.25, 0.3) is 0 Å². The summed E-state index contributed by atoms with van der Waals surface area (Å²) in [4.78, 5) is 0. The largest absolute Gasteiger partial charge is 0.382 e. The number of nitrogens with two attached hydrogens (primary N) is 1. The Morgan fingerprint density at radius 3 is 2.38 bits per heavy atom. The smallest absolute Gasteiger partial charge is 0.201 e. The van der Waals surface area contributed by atoms with Crippen molar-refractivity contribution in [1.82, 2.24) is 0 Å². The van der Waals surface area contributed by atoms with E-state index in [0.29, 0.717) is 11.3 Å². The third-order valence-electron chi connectivity index (χ3n) is 1.67. The van der Waals surface area contributed by atoms with Gasteiger partial charge >= 0.3 is 0 Å². The van der Waals surface area contributed by atoms with Crippen molar-refractivity contribution in [2.45, 2.75) is 0 Å². The average molecular weight is 212 g/mol. The summed E-state index contributed by atoms with van der Waals surface area (Å²) in [5.41, 5.74) is 8.61. The predicted octanol–water partition coefficient (Wildman–Crippen LogP) is 0.786. The Bertz CT molecular complexity index is 500. The first-order valence-electron chi connectivity index (χ1n) is 4.25. The van der Waals surface area contributed by atoms with Crippen LogP contribution in [0.3, 0.4) is 0 Å². The van der Waals surface area contributed by atoms with E-state index in [-0.39, 0.29) is 5.71 Å². The van der Waals surface area contributed by atoms with Crippen molar-refractivity contribution in [2.24, 2.45) is 10.8 Å². The zero-order chi connectivity index (χ0) is 12.0. The molecule has 0 aliphatic rings. The number of anilines is 1. The maximum Gasteiger partial charge on any atom is 0.201 e. The van der Waals surface area contributed by atoms with Crippen LogP contribution in [-0.2, 0) is 0 Å². The molecular formula is C10H8N6. The van der Waals surface area contributed by atoms with E-state index in [0.717, 1.165) is 0 Å². The third kappa shape index (κ3) is 2.82. The normalized spacial score (nSPS) is 10.0. The van der Waals surface area contributed by atoms with Gasteiger partial charge in [-0.2, -0.15) is 15.6 Å². The summed E-state index contributed by atoms with van der Waals surface area (Å²) in [6.45, 7) is 0. The van der Waals surface area contributed by atoms with E-state index in [1.165, 1.54) is 0 Å². The first-order valence-corrected chi connectivity index (χ1v) is 4.25. The van der Waals surface area contributed by atoms with Gasteiger partial charge in [-0.3, -0.25) is 10.8 Å². The van der Waals surface area contributed by atoms with Crippen LogP contribution >= 0.6 is 0 Å². The molecule has 0 aliphatic heterocycles. The molecule has 0 radical (unpaired) electrons. The summed E-state index contributed by atoms with van der Waals surface area (Å²) < 4.78 is 0. The number of benzene rings is 1. The Balaban J connectivity index is 2.79. The van der Waals surface area contributed by atoms with Crippen molar-refractivity contribution in [3.8, 4) is 12.1 Å². The molecule has 0 spiro atoms. The molecule has 0 unspecified atom stereocenters. The molecular weight excluding hydrogens is 204 g/mol. The number of rotatable bonds is 3. The van der Waals surface area contributed by atoms with Crippen LogP contribution in [0.2, 0.25) is 0 Å². The molecule has 0 amide bonds. The van der Waals surface area contributed by atoms with E-state index < -0.39 is 5.84 Å². The van der Waals surface area contributed by atoms with Crippen LogP contribution in [0.25, 0.3) is 0 Å². The molecule has 0 bridgehead atoms. The molecule has 0 aliphatic carbocycles. The summed E-state index contributed by atoms with van der Waals surface area (Å²) in [7, 11) is 0. The molecule has 1 rings (SSSR count). The highest BCUT2D eigenvalue weighted by atomic mass is 15.3. The van der Waals surface area contributed by atoms with Crippen LogP contribution in [0.1, 0.15) is 5.56 Å². The van der Waals surface area contributed by atoms with Crippen LogP contribution in [-0.4, -0.2) is 11.5 Å². The second-order valence-corrected chi connectivity index (χ2v) is 2.79. The lowest BCUT2D eigenvalue weighted by atomic mass is 10.2. The van der Waals surface area contributed by atoms with Crippen LogP contribution in [0.4, 0.5) is 5.69 Å². The van der Waals surface area contributed by atoms with Crippen molar-refractivity contribution in [3.63, 3.8) is 0 Å². The highest BCUT2D eigenvalue weighted by Gasteiger charge is 2.00.